The van der Waals surface area contributed by atoms with Crippen LogP contribution in [-0.2, 0) is 4.74 Å². The van der Waals surface area contributed by atoms with E-state index >= 15 is 0 Å². The molecule has 3 rings (SSSR count). The van der Waals surface area contributed by atoms with E-state index in [2.05, 4.69) is 0 Å². The van der Waals surface area contributed by atoms with E-state index in [9.17, 15) is 19.8 Å². The molecule has 1 fully saturated rings. The van der Waals surface area contributed by atoms with Gasteiger partial charge in [0.1, 0.15) is 18.3 Å². The zero-order chi connectivity index (χ0) is 15.1. The Hall–Kier alpha value is -1.80. The van der Waals surface area contributed by atoms with E-state index in [4.69, 9.17) is 9.84 Å². The number of carbonyl (C=O) groups excluding carboxylic acids is 2. The molecule has 1 aromatic rings. The van der Waals surface area contributed by atoms with Gasteiger partial charge in [-0.2, -0.15) is 0 Å². The summed E-state index contributed by atoms with van der Waals surface area (Å²) in [5.74, 6) is -1.03. The quantitative estimate of drug-likeness (QED) is 0.589. The Morgan fingerprint density at radius 2 is 1.67 bits per heavy atom. The van der Waals surface area contributed by atoms with Crippen LogP contribution in [0.4, 0.5) is 0 Å². The molecule has 0 aliphatic carbocycles. The van der Waals surface area contributed by atoms with Gasteiger partial charge in [0, 0.05) is 0 Å². The maximum absolute atomic E-state index is 12.3. The third-order valence-corrected chi connectivity index (χ3v) is 3.94. The number of imide groups is 1. The third kappa shape index (κ3) is 2.06. The van der Waals surface area contributed by atoms with Gasteiger partial charge in [-0.1, -0.05) is 12.1 Å². The molecular formula is C14H15NO6. The molecule has 0 spiro atoms. The maximum atomic E-state index is 12.3. The molecule has 7 nitrogen and oxygen atoms in total. The van der Waals surface area contributed by atoms with Crippen molar-refractivity contribution < 1.29 is 29.6 Å². The van der Waals surface area contributed by atoms with E-state index in [1.165, 1.54) is 0 Å². The Balaban J connectivity index is 1.89. The number of nitrogens with zero attached hydrogens (tertiary/aromatic N) is 1. The minimum Gasteiger partial charge on any atom is -0.394 e. The van der Waals surface area contributed by atoms with Crippen LogP contribution in [0.2, 0.25) is 0 Å². The smallest absolute Gasteiger partial charge is 0.261 e. The van der Waals surface area contributed by atoms with E-state index < -0.39 is 42.8 Å². The summed E-state index contributed by atoms with van der Waals surface area (Å²) in [6.45, 7) is -0.581. The van der Waals surface area contributed by atoms with Gasteiger partial charge in [0.25, 0.3) is 11.8 Å². The summed E-state index contributed by atoms with van der Waals surface area (Å²) in [4.78, 5) is 25.6. The van der Waals surface area contributed by atoms with Gasteiger partial charge in [-0.3, -0.25) is 14.5 Å². The summed E-state index contributed by atoms with van der Waals surface area (Å²) in [6.07, 6.45) is -3.65. The topological polar surface area (TPSA) is 107 Å². The Labute approximate surface area is 120 Å². The maximum Gasteiger partial charge on any atom is 0.261 e. The number of ether oxygens (including phenoxy) is 1. The molecule has 2 aliphatic heterocycles. The number of rotatable bonds is 2. The van der Waals surface area contributed by atoms with Crippen LogP contribution >= 0.6 is 0 Å². The lowest BCUT2D eigenvalue weighted by molar-refractivity contribution is -0.171. The lowest BCUT2D eigenvalue weighted by Gasteiger charge is -2.40. The second-order valence-electron chi connectivity index (χ2n) is 5.13. The average Bonchev–Trinajstić information content (AvgIpc) is 2.75. The molecule has 7 heteroatoms. The lowest BCUT2D eigenvalue weighted by atomic mass is 9.97. The Kier molecular flexibility index (Phi) is 3.50. The van der Waals surface area contributed by atoms with Crippen LogP contribution in [0.5, 0.6) is 0 Å². The van der Waals surface area contributed by atoms with E-state index in [1.807, 2.05) is 0 Å². The van der Waals surface area contributed by atoms with E-state index in [0.717, 1.165) is 4.90 Å². The van der Waals surface area contributed by atoms with Gasteiger partial charge in [0.15, 0.2) is 0 Å². The molecule has 4 atom stereocenters. The summed E-state index contributed by atoms with van der Waals surface area (Å²) in [6, 6.07) is 5.41. The predicted molar refractivity (Wildman–Crippen MR) is 69.6 cm³/mol. The Bertz CT molecular complexity index is 554. The lowest BCUT2D eigenvalue weighted by Crippen LogP contribution is -2.61. The fourth-order valence-electron chi connectivity index (χ4n) is 2.76. The number of hydrogen-bond donors (Lipinski definition) is 3. The highest BCUT2D eigenvalue weighted by Crippen LogP contribution is 2.28. The van der Waals surface area contributed by atoms with Crippen molar-refractivity contribution in [1.82, 2.24) is 4.90 Å². The van der Waals surface area contributed by atoms with Crippen LogP contribution in [0.25, 0.3) is 0 Å². The van der Waals surface area contributed by atoms with Crippen molar-refractivity contribution in [2.45, 2.75) is 24.4 Å². The zero-order valence-corrected chi connectivity index (χ0v) is 11.0. The minimum atomic E-state index is -1.36. The third-order valence-electron chi connectivity index (χ3n) is 3.94. The van der Waals surface area contributed by atoms with Crippen molar-refractivity contribution >= 4 is 11.8 Å². The SMILES string of the molecule is O=C1c2ccccc2C(=O)N1C1COC(CO)C(O)C1O. The van der Waals surface area contributed by atoms with Crippen molar-refractivity contribution in [2.24, 2.45) is 0 Å². The second kappa shape index (κ2) is 5.19. The number of amides is 2. The van der Waals surface area contributed by atoms with E-state index in [0.29, 0.717) is 0 Å². The van der Waals surface area contributed by atoms with Crippen LogP contribution in [-0.4, -0.2) is 69.6 Å². The van der Waals surface area contributed by atoms with Crippen LogP contribution in [0.15, 0.2) is 24.3 Å². The minimum absolute atomic E-state index is 0.130. The summed E-state index contributed by atoms with van der Waals surface area (Å²) < 4.78 is 5.22. The number of fused-ring (bicyclic) bond motifs is 1. The average molecular weight is 293 g/mol. The van der Waals surface area contributed by atoms with Gasteiger partial charge in [-0.15, -0.1) is 0 Å². The molecule has 0 aromatic heterocycles. The number of hydrogen-bond acceptors (Lipinski definition) is 6. The van der Waals surface area contributed by atoms with Crippen molar-refractivity contribution in [3.63, 3.8) is 0 Å². The Morgan fingerprint density at radius 3 is 2.19 bits per heavy atom. The molecule has 21 heavy (non-hydrogen) atoms. The van der Waals surface area contributed by atoms with Gasteiger partial charge < -0.3 is 20.1 Å². The first kappa shape index (κ1) is 14.2. The number of aliphatic hydroxyl groups is 3. The fraction of sp³-hybridized carbons (Fsp3) is 0.429. The van der Waals surface area contributed by atoms with Crippen molar-refractivity contribution in [2.75, 3.05) is 13.2 Å². The van der Waals surface area contributed by atoms with Crippen molar-refractivity contribution in [3.8, 4) is 0 Å². The van der Waals surface area contributed by atoms with Gasteiger partial charge >= 0.3 is 0 Å². The summed E-state index contributed by atoms with van der Waals surface area (Å²) in [5, 5.41) is 29.0. The monoisotopic (exact) mass is 293 g/mol. The van der Waals surface area contributed by atoms with Crippen LogP contribution in [0.1, 0.15) is 20.7 Å². The molecule has 2 aliphatic rings. The summed E-state index contributed by atoms with van der Waals surface area (Å²) in [7, 11) is 0. The molecule has 4 unspecified atom stereocenters. The molecule has 0 radical (unpaired) electrons. The van der Waals surface area contributed by atoms with Crippen LogP contribution in [0, 0.1) is 0 Å². The number of aliphatic hydroxyl groups excluding tert-OH is 3. The fourth-order valence-corrected chi connectivity index (χ4v) is 2.76. The highest BCUT2D eigenvalue weighted by atomic mass is 16.5. The normalized spacial score (nSPS) is 32.4. The first-order valence-electron chi connectivity index (χ1n) is 6.61. The van der Waals surface area contributed by atoms with Gasteiger partial charge in [-0.25, -0.2) is 0 Å². The molecule has 1 aromatic carbocycles. The number of benzene rings is 1. The molecule has 1 saturated heterocycles. The summed E-state index contributed by atoms with van der Waals surface area (Å²) in [5.41, 5.74) is 0.543. The highest BCUT2D eigenvalue weighted by molar-refractivity contribution is 6.21. The molecule has 3 N–H and O–H groups in total. The van der Waals surface area contributed by atoms with E-state index in [1.54, 1.807) is 24.3 Å². The largest absolute Gasteiger partial charge is 0.394 e. The standard InChI is InChI=1S/C14H15NO6/c16-5-10-12(18)11(17)9(6-21-10)15-13(19)7-3-1-2-4-8(7)14(15)20/h1-4,9-12,16-18H,5-6H2. The molecule has 0 bridgehead atoms. The van der Waals surface area contributed by atoms with Crippen LogP contribution < -0.4 is 0 Å². The van der Waals surface area contributed by atoms with Gasteiger partial charge in [0.2, 0.25) is 0 Å². The zero-order valence-electron chi connectivity index (χ0n) is 11.0. The molecule has 112 valence electrons. The second-order valence-corrected chi connectivity index (χ2v) is 5.13. The highest BCUT2D eigenvalue weighted by Gasteiger charge is 2.48. The van der Waals surface area contributed by atoms with E-state index in [-0.39, 0.29) is 17.7 Å². The first-order valence-corrected chi connectivity index (χ1v) is 6.61. The predicted octanol–water partition coefficient (Wildman–Crippen LogP) is -1.24. The molecule has 2 amide bonds. The summed E-state index contributed by atoms with van der Waals surface area (Å²) >= 11 is 0. The molecule has 2 heterocycles. The molecule has 0 saturated carbocycles. The number of carbonyl (C=O) groups is 2. The van der Waals surface area contributed by atoms with Crippen molar-refractivity contribution in [3.05, 3.63) is 35.4 Å². The Morgan fingerprint density at radius 1 is 1.10 bits per heavy atom. The van der Waals surface area contributed by atoms with Crippen molar-refractivity contribution in [1.29, 1.82) is 0 Å². The van der Waals surface area contributed by atoms with Gasteiger partial charge in [-0.05, 0) is 12.1 Å². The molecular weight excluding hydrogens is 278 g/mol. The van der Waals surface area contributed by atoms with Gasteiger partial charge in [0.05, 0.1) is 30.4 Å². The first-order chi connectivity index (χ1) is 10.1. The van der Waals surface area contributed by atoms with Crippen LogP contribution in [0.3, 0.4) is 0 Å².